The number of carbonyl (C=O) groups is 1. The number of hydrogen-bond donors (Lipinski definition) is 2. The molecule has 19 heavy (non-hydrogen) atoms. The Morgan fingerprint density at radius 1 is 1.47 bits per heavy atom. The molecule has 104 valence electrons. The number of allylic oxidation sites excluding steroid dienone is 1. The third-order valence-electron chi connectivity index (χ3n) is 3.51. The molecule has 1 amide bonds. The van der Waals surface area contributed by atoms with Crippen LogP contribution >= 0.6 is 0 Å². The summed E-state index contributed by atoms with van der Waals surface area (Å²) in [5, 5.41) is 12.4. The second-order valence-corrected chi connectivity index (χ2v) is 5.03. The van der Waals surface area contributed by atoms with Gasteiger partial charge in [-0.05, 0) is 37.0 Å². The van der Waals surface area contributed by atoms with Crippen LogP contribution in [-0.2, 0) is 4.79 Å². The van der Waals surface area contributed by atoms with Crippen LogP contribution in [0.4, 0.5) is 0 Å². The molecule has 0 radical (unpaired) electrons. The minimum Gasteiger partial charge on any atom is -0.467 e. The molecule has 0 aliphatic heterocycles. The first-order chi connectivity index (χ1) is 9.25. The van der Waals surface area contributed by atoms with Crippen LogP contribution in [0.1, 0.15) is 44.0 Å². The average molecular weight is 263 g/mol. The molecule has 1 heterocycles. The molecule has 2 rings (SSSR count). The van der Waals surface area contributed by atoms with Gasteiger partial charge in [0.05, 0.1) is 12.8 Å². The minimum absolute atomic E-state index is 0.156. The molecule has 0 spiro atoms. The number of nitrogens with one attached hydrogen (secondary N) is 1. The first-order valence-corrected chi connectivity index (χ1v) is 6.93. The summed E-state index contributed by atoms with van der Waals surface area (Å²) >= 11 is 0. The van der Waals surface area contributed by atoms with Gasteiger partial charge in [-0.1, -0.05) is 25.3 Å². The fourth-order valence-corrected chi connectivity index (χ4v) is 2.39. The normalized spacial score (nSPS) is 18.6. The van der Waals surface area contributed by atoms with E-state index >= 15 is 0 Å². The summed E-state index contributed by atoms with van der Waals surface area (Å²) in [6.45, 7) is 0.168. The summed E-state index contributed by atoms with van der Waals surface area (Å²) in [5.41, 5.74) is 0. The number of aliphatic hydroxyl groups is 1. The van der Waals surface area contributed by atoms with Gasteiger partial charge < -0.3 is 14.8 Å². The van der Waals surface area contributed by atoms with E-state index in [-0.39, 0.29) is 12.5 Å². The van der Waals surface area contributed by atoms with Crippen LogP contribution < -0.4 is 5.32 Å². The lowest BCUT2D eigenvalue weighted by Crippen LogP contribution is -2.26. The molecule has 1 aromatic rings. The maximum atomic E-state index is 11.6. The van der Waals surface area contributed by atoms with Crippen molar-refractivity contribution in [3.05, 3.63) is 36.3 Å². The largest absolute Gasteiger partial charge is 0.467 e. The van der Waals surface area contributed by atoms with Crippen molar-refractivity contribution in [1.82, 2.24) is 5.32 Å². The fourth-order valence-electron chi connectivity index (χ4n) is 2.39. The smallest absolute Gasteiger partial charge is 0.243 e. The van der Waals surface area contributed by atoms with Gasteiger partial charge in [-0.2, -0.15) is 0 Å². The molecule has 0 aromatic carbocycles. The molecule has 1 unspecified atom stereocenters. The Morgan fingerprint density at radius 2 is 2.26 bits per heavy atom. The number of carbonyl (C=O) groups excluding carboxylic acids is 1. The van der Waals surface area contributed by atoms with Gasteiger partial charge in [-0.3, -0.25) is 4.79 Å². The van der Waals surface area contributed by atoms with Crippen LogP contribution in [0.3, 0.4) is 0 Å². The fraction of sp³-hybridized carbons (Fsp3) is 0.533. The van der Waals surface area contributed by atoms with Crippen LogP contribution in [-0.4, -0.2) is 17.6 Å². The zero-order chi connectivity index (χ0) is 13.5. The molecule has 1 aliphatic carbocycles. The summed E-state index contributed by atoms with van der Waals surface area (Å²) in [6, 6.07) is 3.40. The standard InChI is InChI=1S/C15H21NO3/c17-13(14-7-4-10-19-14)11-16-15(18)9-8-12-5-2-1-3-6-12/h4,7-10,12-13,17H,1-3,5-6,11H2,(H,16,18)/b9-8+. The summed E-state index contributed by atoms with van der Waals surface area (Å²) in [4.78, 5) is 11.6. The summed E-state index contributed by atoms with van der Waals surface area (Å²) < 4.78 is 5.06. The maximum Gasteiger partial charge on any atom is 0.243 e. The van der Waals surface area contributed by atoms with E-state index in [0.717, 1.165) is 0 Å². The highest BCUT2D eigenvalue weighted by Gasteiger charge is 2.12. The van der Waals surface area contributed by atoms with E-state index in [2.05, 4.69) is 5.32 Å². The highest BCUT2D eigenvalue weighted by Crippen LogP contribution is 2.24. The van der Waals surface area contributed by atoms with Crippen molar-refractivity contribution in [2.24, 2.45) is 5.92 Å². The summed E-state index contributed by atoms with van der Waals surface area (Å²) in [7, 11) is 0. The number of hydrogen-bond acceptors (Lipinski definition) is 3. The topological polar surface area (TPSA) is 62.5 Å². The zero-order valence-corrected chi connectivity index (χ0v) is 11.0. The van der Waals surface area contributed by atoms with Gasteiger partial charge in [0.2, 0.25) is 5.91 Å². The SMILES string of the molecule is O=C(/C=C/C1CCCCC1)NCC(O)c1ccco1. The van der Waals surface area contributed by atoms with Crippen molar-refractivity contribution in [1.29, 1.82) is 0 Å². The van der Waals surface area contributed by atoms with Gasteiger partial charge in [0.1, 0.15) is 11.9 Å². The third-order valence-corrected chi connectivity index (χ3v) is 3.51. The second kappa shape index (κ2) is 7.14. The molecular formula is C15H21NO3. The van der Waals surface area contributed by atoms with E-state index in [1.807, 2.05) is 6.08 Å². The van der Waals surface area contributed by atoms with Gasteiger partial charge in [-0.15, -0.1) is 0 Å². The molecule has 1 saturated carbocycles. The van der Waals surface area contributed by atoms with Gasteiger partial charge >= 0.3 is 0 Å². The monoisotopic (exact) mass is 263 g/mol. The van der Waals surface area contributed by atoms with Crippen molar-refractivity contribution in [2.75, 3.05) is 6.54 Å². The van der Waals surface area contributed by atoms with Gasteiger partial charge in [-0.25, -0.2) is 0 Å². The lowest BCUT2D eigenvalue weighted by molar-refractivity contribution is -0.117. The molecular weight excluding hydrogens is 242 g/mol. The Bertz CT molecular complexity index is 405. The predicted molar refractivity (Wildman–Crippen MR) is 72.4 cm³/mol. The second-order valence-electron chi connectivity index (χ2n) is 5.03. The Labute approximate surface area is 113 Å². The third kappa shape index (κ3) is 4.56. The quantitative estimate of drug-likeness (QED) is 0.803. The molecule has 4 nitrogen and oxygen atoms in total. The minimum atomic E-state index is -0.790. The van der Waals surface area contributed by atoms with Crippen molar-refractivity contribution < 1.29 is 14.3 Å². The lowest BCUT2D eigenvalue weighted by Gasteiger charge is -2.17. The Hall–Kier alpha value is -1.55. The van der Waals surface area contributed by atoms with Gasteiger partial charge in [0, 0.05) is 0 Å². The molecule has 1 aromatic heterocycles. The van der Waals surface area contributed by atoms with Crippen molar-refractivity contribution in [3.8, 4) is 0 Å². The first-order valence-electron chi connectivity index (χ1n) is 6.93. The van der Waals surface area contributed by atoms with Crippen LogP contribution in [0.2, 0.25) is 0 Å². The molecule has 1 aliphatic rings. The Balaban J connectivity index is 1.70. The molecule has 4 heteroatoms. The van der Waals surface area contributed by atoms with Crippen molar-refractivity contribution in [2.45, 2.75) is 38.2 Å². The van der Waals surface area contributed by atoms with E-state index < -0.39 is 6.10 Å². The molecule has 0 saturated heterocycles. The Kier molecular flexibility index (Phi) is 5.21. The Morgan fingerprint density at radius 3 is 2.95 bits per heavy atom. The van der Waals surface area contributed by atoms with Crippen molar-refractivity contribution in [3.63, 3.8) is 0 Å². The van der Waals surface area contributed by atoms with Gasteiger partial charge in [0.25, 0.3) is 0 Å². The highest BCUT2D eigenvalue weighted by atomic mass is 16.4. The maximum absolute atomic E-state index is 11.6. The predicted octanol–water partition coefficient (Wildman–Crippen LogP) is 2.57. The molecule has 1 atom stereocenters. The highest BCUT2D eigenvalue weighted by molar-refractivity contribution is 5.87. The summed E-state index contributed by atoms with van der Waals surface area (Å²) in [5.74, 6) is 0.849. The van der Waals surface area contributed by atoms with Crippen LogP contribution in [0.5, 0.6) is 0 Å². The number of rotatable bonds is 5. The number of amides is 1. The van der Waals surface area contributed by atoms with E-state index in [4.69, 9.17) is 4.42 Å². The van der Waals surface area contributed by atoms with Crippen LogP contribution in [0.15, 0.2) is 35.0 Å². The van der Waals surface area contributed by atoms with E-state index in [1.54, 1.807) is 18.2 Å². The summed E-state index contributed by atoms with van der Waals surface area (Å²) in [6.07, 6.45) is 10.5. The number of furan rings is 1. The molecule has 0 bridgehead atoms. The zero-order valence-electron chi connectivity index (χ0n) is 11.0. The van der Waals surface area contributed by atoms with E-state index in [9.17, 15) is 9.90 Å². The molecule has 2 N–H and O–H groups in total. The van der Waals surface area contributed by atoms with E-state index in [0.29, 0.717) is 11.7 Å². The number of aliphatic hydroxyl groups excluding tert-OH is 1. The molecule has 1 fully saturated rings. The van der Waals surface area contributed by atoms with Gasteiger partial charge in [0.15, 0.2) is 0 Å². The average Bonchev–Trinajstić information content (AvgIpc) is 2.98. The first kappa shape index (κ1) is 13.9. The lowest BCUT2D eigenvalue weighted by atomic mass is 9.89. The van der Waals surface area contributed by atoms with Crippen LogP contribution in [0.25, 0.3) is 0 Å². The van der Waals surface area contributed by atoms with Crippen molar-refractivity contribution >= 4 is 5.91 Å². The van der Waals surface area contributed by atoms with Crippen LogP contribution in [0, 0.1) is 5.92 Å². The van der Waals surface area contributed by atoms with E-state index in [1.165, 1.54) is 38.4 Å².